The summed E-state index contributed by atoms with van der Waals surface area (Å²) in [5.74, 6) is -3.40. The van der Waals surface area contributed by atoms with E-state index < -0.39 is 40.7 Å². The minimum atomic E-state index is -5.32. The molecular weight excluding hydrogens is 422 g/mol. The van der Waals surface area contributed by atoms with Crippen LogP contribution in [0.15, 0.2) is 11.3 Å². The number of hydrogen-bond donors (Lipinski definition) is 1. The maximum Gasteiger partial charge on any atom is 0.451 e. The molecule has 0 saturated heterocycles. The molecule has 0 aliphatic carbocycles. The predicted molar refractivity (Wildman–Crippen MR) is 78.6 cm³/mol. The van der Waals surface area contributed by atoms with E-state index in [1.807, 2.05) is 0 Å². The van der Waals surface area contributed by atoms with E-state index in [4.69, 9.17) is 21.9 Å². The van der Waals surface area contributed by atoms with Gasteiger partial charge in [-0.25, -0.2) is 20.5 Å². The summed E-state index contributed by atoms with van der Waals surface area (Å²) in [5.41, 5.74) is 4.23. The molecule has 0 fully saturated rings. The Hall–Kier alpha value is -3.10. The fourth-order valence-electron chi connectivity index (χ4n) is 2.19. The molecular formula is C12H5ClF6N8O. The molecule has 0 aromatic carbocycles. The lowest BCUT2D eigenvalue weighted by Gasteiger charge is -2.10. The van der Waals surface area contributed by atoms with Crippen LogP contribution in [-0.2, 0) is 12.4 Å². The van der Waals surface area contributed by atoms with Crippen LogP contribution in [0.1, 0.15) is 11.5 Å². The molecule has 0 amide bonds. The minimum Gasteiger partial charge on any atom is -0.491 e. The molecule has 0 atom stereocenters. The number of aromatic nitrogens is 6. The van der Waals surface area contributed by atoms with E-state index in [0.717, 1.165) is 6.20 Å². The predicted octanol–water partition coefficient (Wildman–Crippen LogP) is 3.97. The van der Waals surface area contributed by atoms with Crippen molar-refractivity contribution in [1.82, 2.24) is 29.7 Å². The van der Waals surface area contributed by atoms with Crippen LogP contribution in [0.25, 0.3) is 16.9 Å². The molecule has 1 N–H and O–H groups in total. The normalized spacial score (nSPS) is 12.4. The zero-order chi connectivity index (χ0) is 20.9. The summed E-state index contributed by atoms with van der Waals surface area (Å²) < 4.78 is 84.3. The van der Waals surface area contributed by atoms with Crippen LogP contribution in [-0.4, -0.2) is 36.8 Å². The highest BCUT2D eigenvalue weighted by Crippen LogP contribution is 2.41. The third kappa shape index (κ3) is 3.28. The van der Waals surface area contributed by atoms with Gasteiger partial charge in [0.25, 0.3) is 0 Å². The van der Waals surface area contributed by atoms with Crippen molar-refractivity contribution in [2.24, 2.45) is 5.11 Å². The fourth-order valence-corrected chi connectivity index (χ4v) is 2.32. The highest BCUT2D eigenvalue weighted by atomic mass is 35.5. The number of alkyl halides is 6. The largest absolute Gasteiger partial charge is 0.491 e. The Morgan fingerprint density at radius 1 is 1.11 bits per heavy atom. The highest BCUT2D eigenvalue weighted by molar-refractivity contribution is 6.28. The molecule has 28 heavy (non-hydrogen) atoms. The number of methoxy groups -OCH3 is 1. The van der Waals surface area contributed by atoms with E-state index in [9.17, 15) is 26.3 Å². The van der Waals surface area contributed by atoms with Crippen molar-refractivity contribution in [3.63, 3.8) is 0 Å². The third-order valence-corrected chi connectivity index (χ3v) is 3.45. The van der Waals surface area contributed by atoms with Crippen molar-refractivity contribution in [3.05, 3.63) is 23.0 Å². The Kier molecular flexibility index (Phi) is 4.57. The molecule has 0 saturated carbocycles. The Morgan fingerprint density at radius 3 is 2.32 bits per heavy atom. The summed E-state index contributed by atoms with van der Waals surface area (Å²) in [4.78, 5) is 12.9. The number of hydrogen-bond acceptors (Lipinski definition) is 8. The smallest absolute Gasteiger partial charge is 0.451 e. The van der Waals surface area contributed by atoms with Crippen molar-refractivity contribution in [2.45, 2.75) is 12.4 Å². The molecule has 3 heterocycles. The summed E-state index contributed by atoms with van der Waals surface area (Å²) in [6.45, 7) is 0. The van der Waals surface area contributed by atoms with Gasteiger partial charge < -0.3 is 4.74 Å². The monoisotopic (exact) mass is 426 g/mol. The van der Waals surface area contributed by atoms with Crippen LogP contribution < -0.4 is 4.74 Å². The Bertz CT molecular complexity index is 1080. The molecule has 3 aromatic rings. The first-order valence-electron chi connectivity index (χ1n) is 6.87. The minimum absolute atomic E-state index is 0.153. The molecule has 3 aromatic heterocycles. The molecule has 0 radical (unpaired) electrons. The molecule has 16 heteroatoms. The Labute approximate surface area is 154 Å². The van der Waals surface area contributed by atoms with Crippen LogP contribution in [0, 0.1) is 5.53 Å². The van der Waals surface area contributed by atoms with E-state index in [1.54, 1.807) is 0 Å². The van der Waals surface area contributed by atoms with Crippen LogP contribution in [0.3, 0.4) is 0 Å². The summed E-state index contributed by atoms with van der Waals surface area (Å²) >= 11 is 5.65. The van der Waals surface area contributed by atoms with Gasteiger partial charge in [0.15, 0.2) is 22.9 Å². The second-order valence-corrected chi connectivity index (χ2v) is 5.31. The van der Waals surface area contributed by atoms with Crippen LogP contribution in [0.2, 0.25) is 5.28 Å². The van der Waals surface area contributed by atoms with Crippen molar-refractivity contribution in [1.29, 1.82) is 5.53 Å². The Balaban J connectivity index is 2.46. The standard InChI is InChI=1S/C12H5ClF6N8O/c1-28-3-2-21-10(13)24-7(3)27-8(25-20)4-5(11(14,15)16)22-9(12(17,18)19)23-6(4)26-27/h2,20H,1H3. The van der Waals surface area contributed by atoms with Gasteiger partial charge in [-0.1, -0.05) is 0 Å². The Morgan fingerprint density at radius 2 is 1.79 bits per heavy atom. The van der Waals surface area contributed by atoms with Gasteiger partial charge in [0.05, 0.1) is 18.7 Å². The molecule has 0 spiro atoms. The first-order chi connectivity index (χ1) is 13.0. The van der Waals surface area contributed by atoms with E-state index in [0.29, 0.717) is 4.68 Å². The molecule has 0 bridgehead atoms. The van der Waals surface area contributed by atoms with E-state index >= 15 is 0 Å². The van der Waals surface area contributed by atoms with Crippen LogP contribution >= 0.6 is 11.6 Å². The first kappa shape index (κ1) is 19.7. The van der Waals surface area contributed by atoms with Crippen LogP contribution in [0.4, 0.5) is 32.2 Å². The third-order valence-electron chi connectivity index (χ3n) is 3.26. The summed E-state index contributed by atoms with van der Waals surface area (Å²) in [6.07, 6.45) is -9.55. The maximum atomic E-state index is 13.4. The molecule has 0 aliphatic rings. The second-order valence-electron chi connectivity index (χ2n) is 4.97. The molecule has 0 aliphatic heterocycles. The average molecular weight is 427 g/mol. The number of rotatable bonds is 3. The van der Waals surface area contributed by atoms with Gasteiger partial charge in [-0.05, 0) is 11.6 Å². The lowest BCUT2D eigenvalue weighted by atomic mass is 10.2. The summed E-state index contributed by atoms with van der Waals surface area (Å²) in [5, 5.41) is 5.12. The zero-order valence-corrected chi connectivity index (χ0v) is 14.0. The van der Waals surface area contributed by atoms with Gasteiger partial charge in [-0.15, -0.1) is 10.2 Å². The highest BCUT2D eigenvalue weighted by Gasteiger charge is 2.43. The fraction of sp³-hybridized carbons (Fsp3) is 0.250. The van der Waals surface area contributed by atoms with Gasteiger partial charge in [0.1, 0.15) is 0 Å². The van der Waals surface area contributed by atoms with Crippen molar-refractivity contribution < 1.29 is 31.1 Å². The van der Waals surface area contributed by atoms with Crippen LogP contribution in [0.5, 0.6) is 5.75 Å². The lowest BCUT2D eigenvalue weighted by molar-refractivity contribution is -0.151. The number of ether oxygens (including phenoxy) is 1. The maximum absolute atomic E-state index is 13.4. The average Bonchev–Trinajstić information content (AvgIpc) is 2.97. The van der Waals surface area contributed by atoms with E-state index in [-0.39, 0.29) is 16.9 Å². The van der Waals surface area contributed by atoms with Crippen molar-refractivity contribution in [3.8, 4) is 11.6 Å². The van der Waals surface area contributed by atoms with Crippen molar-refractivity contribution >= 4 is 28.5 Å². The van der Waals surface area contributed by atoms with Gasteiger partial charge in [0.2, 0.25) is 16.9 Å². The quantitative estimate of drug-likeness (QED) is 0.385. The summed E-state index contributed by atoms with van der Waals surface area (Å²) in [6, 6.07) is 0. The summed E-state index contributed by atoms with van der Waals surface area (Å²) in [7, 11) is 1.17. The number of fused-ring (bicyclic) bond motifs is 1. The van der Waals surface area contributed by atoms with E-state index in [2.05, 4.69) is 30.1 Å². The topological polar surface area (TPSA) is 115 Å². The van der Waals surface area contributed by atoms with Gasteiger partial charge in [0, 0.05) is 0 Å². The number of nitrogens with zero attached hydrogens (tertiary/aromatic N) is 7. The van der Waals surface area contributed by atoms with Gasteiger partial charge in [-0.3, -0.25) is 0 Å². The molecule has 0 unspecified atom stereocenters. The second kappa shape index (κ2) is 6.50. The SMILES string of the molecule is COc1cnc(Cl)nc1-n1nc2nc(C(F)(F)F)nc(C(F)(F)F)c2c1N=N. The molecule has 9 nitrogen and oxygen atoms in total. The van der Waals surface area contributed by atoms with Gasteiger partial charge >= 0.3 is 12.4 Å². The van der Waals surface area contributed by atoms with Crippen molar-refractivity contribution in [2.75, 3.05) is 7.11 Å². The molecule has 3 rings (SSSR count). The molecule has 148 valence electrons. The first-order valence-corrected chi connectivity index (χ1v) is 7.24. The lowest BCUT2D eigenvalue weighted by Crippen LogP contribution is -2.17. The number of nitrogens with one attached hydrogen (secondary N) is 1. The van der Waals surface area contributed by atoms with Gasteiger partial charge in [-0.2, -0.15) is 36.0 Å². The van der Waals surface area contributed by atoms with E-state index in [1.165, 1.54) is 7.11 Å². The number of halogens is 7. The zero-order valence-electron chi connectivity index (χ0n) is 13.3.